The van der Waals surface area contributed by atoms with Gasteiger partial charge < -0.3 is 9.80 Å². The molecule has 0 radical (unpaired) electrons. The van der Waals surface area contributed by atoms with E-state index in [4.69, 9.17) is 4.98 Å². The smallest absolute Gasteiger partial charge is 0.223 e. The third kappa shape index (κ3) is 3.85. The molecule has 3 aliphatic heterocycles. The van der Waals surface area contributed by atoms with Crippen molar-refractivity contribution in [3.8, 4) is 0 Å². The Kier molecular flexibility index (Phi) is 5.72. The second-order valence-electron chi connectivity index (χ2n) is 10.4. The molecule has 4 fully saturated rings. The van der Waals surface area contributed by atoms with Gasteiger partial charge in [0.05, 0.1) is 0 Å². The summed E-state index contributed by atoms with van der Waals surface area (Å²) in [6.07, 6.45) is 13.4. The third-order valence-electron chi connectivity index (χ3n) is 8.32. The van der Waals surface area contributed by atoms with Crippen LogP contribution in [0.3, 0.4) is 0 Å². The van der Waals surface area contributed by atoms with Gasteiger partial charge in [0, 0.05) is 49.8 Å². The Balaban J connectivity index is 1.42. The lowest BCUT2D eigenvalue weighted by Gasteiger charge is -2.57. The van der Waals surface area contributed by atoms with Crippen LogP contribution in [0.25, 0.3) is 0 Å². The van der Waals surface area contributed by atoms with E-state index in [0.29, 0.717) is 29.8 Å². The summed E-state index contributed by atoms with van der Waals surface area (Å²) in [7, 11) is 0. The second-order valence-corrected chi connectivity index (χ2v) is 10.4. The molecule has 0 N–H and O–H groups in total. The molecule has 164 valence electrons. The van der Waals surface area contributed by atoms with E-state index in [-0.39, 0.29) is 0 Å². The van der Waals surface area contributed by atoms with Crippen molar-refractivity contribution in [3.63, 3.8) is 0 Å². The number of anilines is 1. The molecule has 1 amide bonds. The Morgan fingerprint density at radius 2 is 1.83 bits per heavy atom. The lowest BCUT2D eigenvalue weighted by Crippen LogP contribution is -2.65. The first-order chi connectivity index (χ1) is 14.6. The fraction of sp³-hybridized carbons (Fsp3) is 0.800. The molecule has 3 saturated heterocycles. The number of nitrogens with zero attached hydrogens (tertiary/aromatic N) is 4. The summed E-state index contributed by atoms with van der Waals surface area (Å²) in [6, 6.07) is 3.06. The fourth-order valence-electron chi connectivity index (χ4n) is 6.96. The fourth-order valence-corrected chi connectivity index (χ4v) is 6.96. The standard InChI is InChI=1S/C25H38N4O/c1-3-23-26-17(2)12-24(27-23)28-15-19-14-20(16-28)22(13-18-8-5-4-6-9-18)29-21(19)10-7-11-25(29)30/h12,18-22H,3-11,13-16H2,1-2H3/t19-,20+,21+,22+/m1/s1. The van der Waals surface area contributed by atoms with Crippen LogP contribution in [0.4, 0.5) is 5.82 Å². The molecule has 1 aromatic heterocycles. The zero-order valence-corrected chi connectivity index (χ0v) is 18.9. The minimum absolute atomic E-state index is 0.443. The van der Waals surface area contributed by atoms with Crippen LogP contribution >= 0.6 is 0 Å². The molecule has 4 atom stereocenters. The SMILES string of the molecule is CCc1nc(C)cc(N2C[C@H]3C[C@@H](C2)[C@H](CC2CCCCC2)N2C(=O)CCC[C@@H]32)n1. The zero-order chi connectivity index (χ0) is 20.7. The molecule has 0 spiro atoms. The molecule has 4 heterocycles. The van der Waals surface area contributed by atoms with Crippen LogP contribution in [0, 0.1) is 24.7 Å². The maximum atomic E-state index is 13.1. The molecule has 1 saturated carbocycles. The number of rotatable bonds is 4. The highest BCUT2D eigenvalue weighted by atomic mass is 16.2. The molecule has 4 aliphatic rings. The highest BCUT2D eigenvalue weighted by Crippen LogP contribution is 2.45. The van der Waals surface area contributed by atoms with Crippen LogP contribution in [0.1, 0.15) is 82.7 Å². The molecule has 30 heavy (non-hydrogen) atoms. The van der Waals surface area contributed by atoms with Crippen molar-refractivity contribution in [3.05, 3.63) is 17.6 Å². The number of hydrogen-bond acceptors (Lipinski definition) is 4. The number of hydrogen-bond donors (Lipinski definition) is 0. The van der Waals surface area contributed by atoms with Gasteiger partial charge in [0.15, 0.2) is 0 Å². The van der Waals surface area contributed by atoms with Crippen molar-refractivity contribution in [1.82, 2.24) is 14.9 Å². The maximum absolute atomic E-state index is 13.1. The summed E-state index contributed by atoms with van der Waals surface area (Å²) in [5, 5.41) is 0. The van der Waals surface area contributed by atoms with Crippen LogP contribution in [0.15, 0.2) is 6.07 Å². The lowest BCUT2D eigenvalue weighted by molar-refractivity contribution is -0.149. The van der Waals surface area contributed by atoms with Crippen molar-refractivity contribution in [2.45, 2.75) is 96.6 Å². The van der Waals surface area contributed by atoms with E-state index >= 15 is 0 Å². The molecule has 2 bridgehead atoms. The highest BCUT2D eigenvalue weighted by Gasteiger charge is 2.49. The average Bonchev–Trinajstić information content (AvgIpc) is 2.77. The third-order valence-corrected chi connectivity index (χ3v) is 8.32. The molecular weight excluding hydrogens is 372 g/mol. The molecule has 5 heteroatoms. The first kappa shape index (κ1) is 20.3. The molecular formula is C25H38N4O. The van der Waals surface area contributed by atoms with E-state index in [9.17, 15) is 4.79 Å². The number of carbonyl (C=O) groups is 1. The second kappa shape index (κ2) is 8.47. The Morgan fingerprint density at radius 3 is 2.63 bits per heavy atom. The van der Waals surface area contributed by atoms with Crippen LogP contribution < -0.4 is 4.90 Å². The van der Waals surface area contributed by atoms with E-state index in [0.717, 1.165) is 55.6 Å². The molecule has 5 nitrogen and oxygen atoms in total. The van der Waals surface area contributed by atoms with Gasteiger partial charge in [0.25, 0.3) is 0 Å². The van der Waals surface area contributed by atoms with Crippen LogP contribution in [0.2, 0.25) is 0 Å². The van der Waals surface area contributed by atoms with Gasteiger partial charge in [-0.05, 0) is 50.4 Å². The van der Waals surface area contributed by atoms with E-state index in [2.05, 4.69) is 34.7 Å². The lowest BCUT2D eigenvalue weighted by atomic mass is 9.69. The number of amides is 1. The quantitative estimate of drug-likeness (QED) is 0.732. The van der Waals surface area contributed by atoms with Gasteiger partial charge in [-0.25, -0.2) is 9.97 Å². The minimum Gasteiger partial charge on any atom is -0.356 e. The van der Waals surface area contributed by atoms with Crippen molar-refractivity contribution >= 4 is 11.7 Å². The van der Waals surface area contributed by atoms with Crippen molar-refractivity contribution in [2.24, 2.45) is 17.8 Å². The number of piperidine rings is 3. The van der Waals surface area contributed by atoms with Crippen LogP contribution in [-0.4, -0.2) is 45.9 Å². The highest BCUT2D eigenvalue weighted by molar-refractivity contribution is 5.78. The predicted molar refractivity (Wildman–Crippen MR) is 119 cm³/mol. The summed E-state index contributed by atoms with van der Waals surface area (Å²) in [4.78, 5) is 27.5. The molecule has 1 aromatic rings. The van der Waals surface area contributed by atoms with E-state index in [1.807, 2.05) is 0 Å². The molecule has 1 aliphatic carbocycles. The number of carbonyl (C=O) groups excluding carboxylic acids is 1. The van der Waals surface area contributed by atoms with Gasteiger partial charge >= 0.3 is 0 Å². The minimum atomic E-state index is 0.443. The Bertz CT molecular complexity index is 774. The predicted octanol–water partition coefficient (Wildman–Crippen LogP) is 4.52. The first-order valence-electron chi connectivity index (χ1n) is 12.5. The van der Waals surface area contributed by atoms with E-state index in [1.54, 1.807) is 0 Å². The topological polar surface area (TPSA) is 49.3 Å². The summed E-state index contributed by atoms with van der Waals surface area (Å²) >= 11 is 0. The number of fused-ring (bicyclic) bond motifs is 4. The Labute approximate surface area is 181 Å². The molecule has 0 aromatic carbocycles. The van der Waals surface area contributed by atoms with Crippen molar-refractivity contribution < 1.29 is 4.79 Å². The molecule has 0 unspecified atom stereocenters. The largest absolute Gasteiger partial charge is 0.356 e. The summed E-state index contributed by atoms with van der Waals surface area (Å²) in [5.41, 5.74) is 1.07. The van der Waals surface area contributed by atoms with Gasteiger partial charge in [-0.15, -0.1) is 0 Å². The number of aromatic nitrogens is 2. The Morgan fingerprint density at radius 1 is 1.03 bits per heavy atom. The van der Waals surface area contributed by atoms with Gasteiger partial charge in [0.1, 0.15) is 11.6 Å². The average molecular weight is 411 g/mol. The zero-order valence-electron chi connectivity index (χ0n) is 18.9. The summed E-state index contributed by atoms with van der Waals surface area (Å²) < 4.78 is 0. The maximum Gasteiger partial charge on any atom is 0.223 e. The van der Waals surface area contributed by atoms with Gasteiger partial charge in [0.2, 0.25) is 5.91 Å². The van der Waals surface area contributed by atoms with E-state index < -0.39 is 0 Å². The monoisotopic (exact) mass is 410 g/mol. The number of aryl methyl sites for hydroxylation is 2. The van der Waals surface area contributed by atoms with E-state index in [1.165, 1.54) is 51.4 Å². The van der Waals surface area contributed by atoms with Crippen molar-refractivity contribution in [1.29, 1.82) is 0 Å². The van der Waals surface area contributed by atoms with Crippen molar-refractivity contribution in [2.75, 3.05) is 18.0 Å². The van der Waals surface area contributed by atoms with Gasteiger partial charge in [-0.1, -0.05) is 39.0 Å². The van der Waals surface area contributed by atoms with Gasteiger partial charge in [-0.3, -0.25) is 4.79 Å². The summed E-state index contributed by atoms with van der Waals surface area (Å²) in [6.45, 7) is 6.31. The first-order valence-corrected chi connectivity index (χ1v) is 12.5. The van der Waals surface area contributed by atoms with Gasteiger partial charge in [-0.2, -0.15) is 0 Å². The van der Waals surface area contributed by atoms with Crippen LogP contribution in [0.5, 0.6) is 0 Å². The van der Waals surface area contributed by atoms with Crippen LogP contribution in [-0.2, 0) is 11.2 Å². The Hall–Kier alpha value is -1.65. The normalized spacial score (nSPS) is 32.3. The molecule has 5 rings (SSSR count). The summed E-state index contributed by atoms with van der Waals surface area (Å²) in [5.74, 6) is 4.51.